The van der Waals surface area contributed by atoms with Gasteiger partial charge in [-0.2, -0.15) is 5.10 Å². The van der Waals surface area contributed by atoms with E-state index in [0.717, 1.165) is 12.1 Å². The summed E-state index contributed by atoms with van der Waals surface area (Å²) >= 11 is 3.47. The lowest BCUT2D eigenvalue weighted by atomic mass is 10.3. The number of methoxy groups -OCH3 is 1. The van der Waals surface area contributed by atoms with E-state index in [2.05, 4.69) is 26.3 Å². The van der Waals surface area contributed by atoms with Crippen molar-refractivity contribution in [2.45, 2.75) is 18.2 Å². The normalized spacial score (nSPS) is 12.5. The highest BCUT2D eigenvalue weighted by Crippen LogP contribution is 2.05. The van der Waals surface area contributed by atoms with Crippen LogP contribution in [0.5, 0.6) is 0 Å². The number of aryl methyl sites for hydroxylation is 2. The van der Waals surface area contributed by atoms with Crippen LogP contribution in [0.3, 0.4) is 0 Å². The van der Waals surface area contributed by atoms with Gasteiger partial charge in [-0.05, 0) is 19.4 Å². The molecular weight excluding hydrogens is 286 g/mol. The summed E-state index contributed by atoms with van der Waals surface area (Å²) in [6.45, 7) is 3.12. The first-order chi connectivity index (χ1) is 8.04. The van der Waals surface area contributed by atoms with Crippen LogP contribution in [0.4, 0.5) is 0 Å². The van der Waals surface area contributed by atoms with Crippen LogP contribution in [0.1, 0.15) is 22.6 Å². The number of nitrogens with zero attached hydrogens (tertiary/aromatic N) is 2. The lowest BCUT2D eigenvalue weighted by molar-refractivity contribution is 0.0942. The van der Waals surface area contributed by atoms with Crippen molar-refractivity contribution in [3.05, 3.63) is 17.5 Å². The summed E-state index contributed by atoms with van der Waals surface area (Å²) < 4.78 is 6.58. The molecule has 0 aliphatic rings. The van der Waals surface area contributed by atoms with Gasteiger partial charge in [-0.1, -0.05) is 15.9 Å². The van der Waals surface area contributed by atoms with Crippen LogP contribution < -0.4 is 5.32 Å². The van der Waals surface area contributed by atoms with Gasteiger partial charge >= 0.3 is 0 Å². The molecule has 0 saturated heterocycles. The molecule has 1 unspecified atom stereocenters. The number of carbonyl (C=O) groups is 1. The third-order valence-electron chi connectivity index (χ3n) is 2.33. The van der Waals surface area contributed by atoms with Gasteiger partial charge in [0.2, 0.25) is 0 Å². The van der Waals surface area contributed by atoms with Crippen LogP contribution >= 0.6 is 15.9 Å². The van der Waals surface area contributed by atoms with E-state index < -0.39 is 0 Å². The molecule has 96 valence electrons. The first-order valence-corrected chi connectivity index (χ1v) is 6.38. The summed E-state index contributed by atoms with van der Waals surface area (Å²) in [6.07, 6.45) is 0.830. The van der Waals surface area contributed by atoms with Crippen LogP contribution in [0.2, 0.25) is 0 Å². The lowest BCUT2D eigenvalue weighted by Crippen LogP contribution is -2.28. The van der Waals surface area contributed by atoms with Gasteiger partial charge in [0.15, 0.2) is 0 Å². The number of aromatic nitrogens is 2. The highest BCUT2D eigenvalue weighted by molar-refractivity contribution is 9.09. The summed E-state index contributed by atoms with van der Waals surface area (Å²) in [7, 11) is 3.42. The van der Waals surface area contributed by atoms with Gasteiger partial charge in [-0.3, -0.25) is 9.48 Å². The fourth-order valence-corrected chi connectivity index (χ4v) is 2.01. The maximum absolute atomic E-state index is 11.8. The quantitative estimate of drug-likeness (QED) is 0.805. The second-order valence-electron chi connectivity index (χ2n) is 3.89. The van der Waals surface area contributed by atoms with Gasteiger partial charge in [0.1, 0.15) is 5.69 Å². The largest absolute Gasteiger partial charge is 0.384 e. The standard InChI is InChI=1S/C11H18BrN3O2/c1-8-6-10(15(2)14-8)11(16)13-5-4-9(12)7-17-3/h6,9H,4-5,7H2,1-3H3,(H,13,16). The molecule has 0 radical (unpaired) electrons. The van der Waals surface area contributed by atoms with E-state index in [0.29, 0.717) is 18.8 Å². The van der Waals surface area contributed by atoms with Gasteiger partial charge in [-0.25, -0.2) is 0 Å². The highest BCUT2D eigenvalue weighted by Gasteiger charge is 2.11. The Hall–Kier alpha value is -0.880. The Balaban J connectivity index is 2.37. The molecule has 1 amide bonds. The molecule has 1 atom stereocenters. The van der Waals surface area contributed by atoms with Gasteiger partial charge in [0.05, 0.1) is 12.3 Å². The minimum absolute atomic E-state index is 0.0924. The molecule has 1 aromatic rings. The molecule has 0 spiro atoms. The number of alkyl halides is 1. The van der Waals surface area contributed by atoms with E-state index in [1.807, 2.05) is 6.92 Å². The lowest BCUT2D eigenvalue weighted by Gasteiger charge is -2.09. The molecular formula is C11H18BrN3O2. The average Bonchev–Trinajstić information content (AvgIpc) is 2.58. The third-order valence-corrected chi connectivity index (χ3v) is 3.05. The zero-order valence-electron chi connectivity index (χ0n) is 10.4. The smallest absolute Gasteiger partial charge is 0.269 e. The number of hydrogen-bond acceptors (Lipinski definition) is 3. The fourth-order valence-electron chi connectivity index (χ4n) is 1.52. The number of rotatable bonds is 6. The number of hydrogen-bond donors (Lipinski definition) is 1. The Morgan fingerprint density at radius 1 is 1.71 bits per heavy atom. The molecule has 6 heteroatoms. The maximum atomic E-state index is 11.8. The monoisotopic (exact) mass is 303 g/mol. The van der Waals surface area contributed by atoms with Crippen LogP contribution in [0.15, 0.2) is 6.07 Å². The van der Waals surface area contributed by atoms with Crippen LogP contribution in [-0.4, -0.2) is 40.8 Å². The number of amides is 1. The van der Waals surface area contributed by atoms with Crippen molar-refractivity contribution in [2.75, 3.05) is 20.3 Å². The van der Waals surface area contributed by atoms with E-state index in [1.54, 1.807) is 24.9 Å². The molecule has 5 nitrogen and oxygen atoms in total. The summed E-state index contributed by atoms with van der Waals surface area (Å²) in [6, 6.07) is 1.77. The molecule has 0 bridgehead atoms. The zero-order chi connectivity index (χ0) is 12.8. The average molecular weight is 304 g/mol. The minimum Gasteiger partial charge on any atom is -0.384 e. The van der Waals surface area contributed by atoms with Crippen LogP contribution in [0, 0.1) is 6.92 Å². The SMILES string of the molecule is COCC(Br)CCNC(=O)c1cc(C)nn1C. The first-order valence-electron chi connectivity index (χ1n) is 5.46. The van der Waals surface area contributed by atoms with Crippen molar-refractivity contribution in [1.82, 2.24) is 15.1 Å². The minimum atomic E-state index is -0.0924. The van der Waals surface area contributed by atoms with Gasteiger partial charge in [0, 0.05) is 25.5 Å². The molecule has 1 aromatic heterocycles. The molecule has 0 saturated carbocycles. The van der Waals surface area contributed by atoms with E-state index in [4.69, 9.17) is 4.74 Å². The van der Waals surface area contributed by atoms with Gasteiger partial charge in [-0.15, -0.1) is 0 Å². The van der Waals surface area contributed by atoms with Crippen molar-refractivity contribution in [3.63, 3.8) is 0 Å². The molecule has 1 N–H and O–H groups in total. The number of ether oxygens (including phenoxy) is 1. The van der Waals surface area contributed by atoms with Crippen LogP contribution in [0.25, 0.3) is 0 Å². The summed E-state index contributed by atoms with van der Waals surface area (Å²) in [5, 5.41) is 6.99. The van der Waals surface area contributed by atoms with Crippen LogP contribution in [-0.2, 0) is 11.8 Å². The molecule has 0 aliphatic heterocycles. The fraction of sp³-hybridized carbons (Fsp3) is 0.636. The summed E-state index contributed by atoms with van der Waals surface area (Å²) in [4.78, 5) is 12.1. The Morgan fingerprint density at radius 2 is 2.41 bits per heavy atom. The Labute approximate surface area is 110 Å². The van der Waals surface area contributed by atoms with E-state index in [-0.39, 0.29) is 10.7 Å². The number of nitrogens with one attached hydrogen (secondary N) is 1. The zero-order valence-corrected chi connectivity index (χ0v) is 12.0. The predicted molar refractivity (Wildman–Crippen MR) is 69.5 cm³/mol. The van der Waals surface area contributed by atoms with Gasteiger partial charge < -0.3 is 10.1 Å². The van der Waals surface area contributed by atoms with E-state index in [1.165, 1.54) is 0 Å². The maximum Gasteiger partial charge on any atom is 0.269 e. The predicted octanol–water partition coefficient (Wildman–Crippen LogP) is 1.26. The molecule has 17 heavy (non-hydrogen) atoms. The topological polar surface area (TPSA) is 56.1 Å². The Bertz CT molecular complexity index is 379. The molecule has 1 heterocycles. The van der Waals surface area contributed by atoms with Crippen molar-refractivity contribution in [2.24, 2.45) is 7.05 Å². The van der Waals surface area contributed by atoms with Crippen molar-refractivity contribution >= 4 is 21.8 Å². The van der Waals surface area contributed by atoms with E-state index in [9.17, 15) is 4.79 Å². The van der Waals surface area contributed by atoms with Crippen molar-refractivity contribution in [1.29, 1.82) is 0 Å². The summed E-state index contributed by atoms with van der Waals surface area (Å²) in [5.74, 6) is -0.0924. The molecule has 0 fully saturated rings. The van der Waals surface area contributed by atoms with Gasteiger partial charge in [0.25, 0.3) is 5.91 Å². The number of carbonyl (C=O) groups excluding carboxylic acids is 1. The molecule has 0 aromatic carbocycles. The molecule has 0 aliphatic carbocycles. The van der Waals surface area contributed by atoms with Crippen molar-refractivity contribution < 1.29 is 9.53 Å². The highest BCUT2D eigenvalue weighted by atomic mass is 79.9. The summed E-state index contributed by atoms with van der Waals surface area (Å²) in [5.41, 5.74) is 1.43. The Morgan fingerprint density at radius 3 is 2.94 bits per heavy atom. The number of halogens is 1. The second kappa shape index (κ2) is 6.76. The third kappa shape index (κ3) is 4.47. The first kappa shape index (κ1) is 14.2. The second-order valence-corrected chi connectivity index (χ2v) is 5.19. The molecule has 1 rings (SSSR count). The Kier molecular flexibility index (Phi) is 5.64. The van der Waals surface area contributed by atoms with E-state index >= 15 is 0 Å². The van der Waals surface area contributed by atoms with Crippen molar-refractivity contribution in [3.8, 4) is 0 Å².